The Bertz CT molecular complexity index is 461. The van der Waals surface area contributed by atoms with Crippen LogP contribution in [0.15, 0.2) is 18.5 Å². The van der Waals surface area contributed by atoms with Crippen LogP contribution in [-0.4, -0.2) is 61.0 Å². The van der Waals surface area contributed by atoms with Crippen LogP contribution in [0.4, 0.5) is 5.69 Å². The highest BCUT2D eigenvalue weighted by atomic mass is 16.2. The number of likely N-dealkylation sites (N-methyl/N-ethyl adjacent to an activating group) is 1. The Hall–Kier alpha value is -1.62. The van der Waals surface area contributed by atoms with Crippen LogP contribution in [-0.2, 0) is 0 Å². The third kappa shape index (κ3) is 2.71. The van der Waals surface area contributed by atoms with Crippen LogP contribution in [0.5, 0.6) is 0 Å². The fourth-order valence-electron chi connectivity index (χ4n) is 2.74. The summed E-state index contributed by atoms with van der Waals surface area (Å²) < 4.78 is 0. The molecular formula is C14H22N4O. The van der Waals surface area contributed by atoms with Gasteiger partial charge in [-0.25, -0.2) is 0 Å². The minimum Gasteiger partial charge on any atom is -0.386 e. The van der Waals surface area contributed by atoms with E-state index in [-0.39, 0.29) is 5.91 Å². The average molecular weight is 262 g/mol. The molecule has 1 fully saturated rings. The summed E-state index contributed by atoms with van der Waals surface area (Å²) in [7, 11) is 5.95. The van der Waals surface area contributed by atoms with E-state index in [2.05, 4.69) is 36.2 Å². The number of nitrogens with one attached hydrogen (secondary N) is 1. The van der Waals surface area contributed by atoms with Gasteiger partial charge in [-0.3, -0.25) is 9.78 Å². The number of hydrogen-bond donors (Lipinski definition) is 1. The van der Waals surface area contributed by atoms with Crippen LogP contribution < -0.4 is 5.32 Å². The summed E-state index contributed by atoms with van der Waals surface area (Å²) in [5, 5.41) is 3.02. The zero-order chi connectivity index (χ0) is 14.0. The van der Waals surface area contributed by atoms with Gasteiger partial charge in [0.2, 0.25) is 0 Å². The number of nitrogens with zero attached hydrogens (tertiary/aromatic N) is 3. The highest BCUT2D eigenvalue weighted by Gasteiger charge is 2.34. The molecule has 19 heavy (non-hydrogen) atoms. The molecular weight excluding hydrogens is 240 g/mol. The molecule has 104 valence electrons. The Morgan fingerprint density at radius 2 is 2.21 bits per heavy atom. The van der Waals surface area contributed by atoms with Crippen molar-refractivity contribution in [2.24, 2.45) is 5.92 Å². The van der Waals surface area contributed by atoms with Crippen molar-refractivity contribution in [2.45, 2.75) is 13.0 Å². The lowest BCUT2D eigenvalue weighted by molar-refractivity contribution is 0.0782. The van der Waals surface area contributed by atoms with Crippen LogP contribution in [0.1, 0.15) is 17.3 Å². The topological polar surface area (TPSA) is 48.5 Å². The highest BCUT2D eigenvalue weighted by Crippen LogP contribution is 2.23. The van der Waals surface area contributed by atoms with Crippen LogP contribution in [0, 0.1) is 5.92 Å². The Labute approximate surface area is 114 Å². The predicted octanol–water partition coefficient (Wildman–Crippen LogP) is 1.15. The normalized spacial score (nSPS) is 22.9. The fourth-order valence-corrected chi connectivity index (χ4v) is 2.74. The van der Waals surface area contributed by atoms with Gasteiger partial charge in [-0.1, -0.05) is 6.92 Å². The van der Waals surface area contributed by atoms with Gasteiger partial charge in [-0.05, 0) is 26.1 Å². The van der Waals surface area contributed by atoms with E-state index in [0.717, 1.165) is 18.8 Å². The first kappa shape index (κ1) is 13.8. The maximum atomic E-state index is 12.6. The third-order valence-electron chi connectivity index (χ3n) is 3.84. The first-order chi connectivity index (χ1) is 9.04. The SMILES string of the molecule is CNc1cnccc1C(=O)N1CC(C)C(N(C)C)C1. The summed E-state index contributed by atoms with van der Waals surface area (Å²) in [6, 6.07) is 2.21. The van der Waals surface area contributed by atoms with Crippen molar-refractivity contribution in [3.8, 4) is 0 Å². The number of amides is 1. The number of carbonyl (C=O) groups excluding carboxylic acids is 1. The molecule has 2 heterocycles. The molecule has 1 aliphatic heterocycles. The highest BCUT2D eigenvalue weighted by molar-refractivity contribution is 5.99. The summed E-state index contributed by atoms with van der Waals surface area (Å²) in [5.41, 5.74) is 1.48. The molecule has 0 radical (unpaired) electrons. The van der Waals surface area contributed by atoms with E-state index in [0.29, 0.717) is 17.5 Å². The number of carbonyl (C=O) groups is 1. The summed E-state index contributed by atoms with van der Waals surface area (Å²) >= 11 is 0. The van der Waals surface area contributed by atoms with Gasteiger partial charge in [0.15, 0.2) is 0 Å². The van der Waals surface area contributed by atoms with E-state index in [4.69, 9.17) is 0 Å². The molecule has 1 N–H and O–H groups in total. The molecule has 2 unspecified atom stereocenters. The van der Waals surface area contributed by atoms with Gasteiger partial charge in [-0.2, -0.15) is 0 Å². The molecule has 5 nitrogen and oxygen atoms in total. The minimum absolute atomic E-state index is 0.0861. The smallest absolute Gasteiger partial charge is 0.256 e. The molecule has 1 saturated heterocycles. The van der Waals surface area contributed by atoms with Gasteiger partial charge < -0.3 is 15.1 Å². The largest absolute Gasteiger partial charge is 0.386 e. The quantitative estimate of drug-likeness (QED) is 0.887. The second-order valence-electron chi connectivity index (χ2n) is 5.39. The van der Waals surface area contributed by atoms with E-state index in [1.54, 1.807) is 18.5 Å². The fraction of sp³-hybridized carbons (Fsp3) is 0.571. The van der Waals surface area contributed by atoms with Gasteiger partial charge in [0.05, 0.1) is 17.4 Å². The first-order valence-electron chi connectivity index (χ1n) is 6.62. The van der Waals surface area contributed by atoms with Crippen LogP contribution in [0.3, 0.4) is 0 Å². The molecule has 2 rings (SSSR count). The van der Waals surface area contributed by atoms with E-state index >= 15 is 0 Å². The van der Waals surface area contributed by atoms with E-state index in [1.807, 2.05) is 11.9 Å². The van der Waals surface area contributed by atoms with E-state index < -0.39 is 0 Å². The van der Waals surface area contributed by atoms with Crippen molar-refractivity contribution in [3.05, 3.63) is 24.0 Å². The maximum Gasteiger partial charge on any atom is 0.256 e. The van der Waals surface area contributed by atoms with Gasteiger partial charge >= 0.3 is 0 Å². The lowest BCUT2D eigenvalue weighted by Crippen LogP contribution is -2.36. The Morgan fingerprint density at radius 3 is 2.79 bits per heavy atom. The predicted molar refractivity (Wildman–Crippen MR) is 76.3 cm³/mol. The third-order valence-corrected chi connectivity index (χ3v) is 3.84. The molecule has 0 aromatic carbocycles. The molecule has 0 spiro atoms. The molecule has 1 aromatic heterocycles. The number of anilines is 1. The molecule has 0 saturated carbocycles. The van der Waals surface area contributed by atoms with Crippen molar-refractivity contribution >= 4 is 11.6 Å². The Morgan fingerprint density at radius 1 is 1.47 bits per heavy atom. The van der Waals surface area contributed by atoms with Crippen molar-refractivity contribution in [1.82, 2.24) is 14.8 Å². The second kappa shape index (κ2) is 5.57. The van der Waals surface area contributed by atoms with Gasteiger partial charge in [-0.15, -0.1) is 0 Å². The molecule has 1 aliphatic rings. The lowest BCUT2D eigenvalue weighted by atomic mass is 10.1. The van der Waals surface area contributed by atoms with Crippen molar-refractivity contribution < 1.29 is 4.79 Å². The Kier molecular flexibility index (Phi) is 4.04. The standard InChI is InChI=1S/C14H22N4O/c1-10-8-18(9-13(10)17(3)4)14(19)11-5-6-16-7-12(11)15-2/h5-7,10,13,15H,8-9H2,1-4H3. The number of likely N-dealkylation sites (tertiary alicyclic amines) is 1. The maximum absolute atomic E-state index is 12.6. The zero-order valence-corrected chi connectivity index (χ0v) is 12.1. The van der Waals surface area contributed by atoms with Gasteiger partial charge in [0.25, 0.3) is 5.91 Å². The van der Waals surface area contributed by atoms with Crippen LogP contribution in [0.25, 0.3) is 0 Å². The van der Waals surface area contributed by atoms with Crippen molar-refractivity contribution in [3.63, 3.8) is 0 Å². The average Bonchev–Trinajstić information content (AvgIpc) is 2.80. The summed E-state index contributed by atoms with van der Waals surface area (Å²) in [6.07, 6.45) is 3.35. The zero-order valence-electron chi connectivity index (χ0n) is 12.1. The van der Waals surface area contributed by atoms with Gasteiger partial charge in [0.1, 0.15) is 0 Å². The van der Waals surface area contributed by atoms with Gasteiger partial charge in [0, 0.05) is 32.4 Å². The number of pyridine rings is 1. The van der Waals surface area contributed by atoms with Crippen LogP contribution >= 0.6 is 0 Å². The second-order valence-corrected chi connectivity index (χ2v) is 5.39. The minimum atomic E-state index is 0.0861. The summed E-state index contributed by atoms with van der Waals surface area (Å²) in [6.45, 7) is 3.80. The first-order valence-corrected chi connectivity index (χ1v) is 6.62. The van der Waals surface area contributed by atoms with Crippen LogP contribution in [0.2, 0.25) is 0 Å². The number of aromatic nitrogens is 1. The van der Waals surface area contributed by atoms with Crippen molar-refractivity contribution in [1.29, 1.82) is 0 Å². The number of hydrogen-bond acceptors (Lipinski definition) is 4. The van der Waals surface area contributed by atoms with Crippen molar-refractivity contribution in [2.75, 3.05) is 39.5 Å². The molecule has 5 heteroatoms. The summed E-state index contributed by atoms with van der Waals surface area (Å²) in [5.74, 6) is 0.585. The van der Waals surface area contributed by atoms with E-state index in [1.165, 1.54) is 0 Å². The molecule has 0 aliphatic carbocycles. The summed E-state index contributed by atoms with van der Waals surface area (Å²) in [4.78, 5) is 20.8. The molecule has 1 aromatic rings. The molecule has 0 bridgehead atoms. The van der Waals surface area contributed by atoms with E-state index in [9.17, 15) is 4.79 Å². The molecule has 1 amide bonds. The monoisotopic (exact) mass is 262 g/mol. The number of rotatable bonds is 3. The Balaban J connectivity index is 2.17. The lowest BCUT2D eigenvalue weighted by Gasteiger charge is -2.22. The molecule has 2 atom stereocenters.